The lowest BCUT2D eigenvalue weighted by molar-refractivity contribution is -0.708. The fourth-order valence-electron chi connectivity index (χ4n) is 2.60. The second-order valence-corrected chi connectivity index (χ2v) is 5.73. The average molecular weight is 342 g/mol. The van der Waals surface area contributed by atoms with Crippen LogP contribution < -0.4 is 15.5 Å². The lowest BCUT2D eigenvalue weighted by Gasteiger charge is -2.30. The number of amides is 3. The lowest BCUT2D eigenvalue weighted by atomic mass is 10.0. The number of benzene rings is 1. The molecule has 1 aromatic carbocycles. The third-order valence-electron chi connectivity index (χ3n) is 3.86. The molecule has 0 bridgehead atoms. The van der Waals surface area contributed by atoms with E-state index in [0.29, 0.717) is 12.2 Å². The van der Waals surface area contributed by atoms with Crippen molar-refractivity contribution in [1.29, 1.82) is 5.26 Å². The number of primary amides is 1. The Hall–Kier alpha value is -3.38. The van der Waals surface area contributed by atoms with Gasteiger partial charge in [0, 0.05) is 14.1 Å². The van der Waals surface area contributed by atoms with Crippen LogP contribution in [0.5, 0.6) is 5.75 Å². The van der Waals surface area contributed by atoms with Gasteiger partial charge in [-0.2, -0.15) is 15.7 Å². The van der Waals surface area contributed by atoms with Crippen molar-refractivity contribution in [1.82, 2.24) is 9.91 Å². The van der Waals surface area contributed by atoms with E-state index in [1.165, 1.54) is 27.5 Å². The van der Waals surface area contributed by atoms with Gasteiger partial charge in [-0.15, -0.1) is 0 Å². The number of nitrogens with one attached hydrogen (secondary N) is 1. The normalized spacial score (nSPS) is 15.7. The number of hydrogen-bond donors (Lipinski definition) is 2. The molecule has 3 amide bonds. The summed E-state index contributed by atoms with van der Waals surface area (Å²) in [5, 5.41) is 13.3. The molecule has 9 nitrogen and oxygen atoms in total. The summed E-state index contributed by atoms with van der Waals surface area (Å²) in [5.74, 6) is -1.29. The molecule has 0 radical (unpaired) electrons. The summed E-state index contributed by atoms with van der Waals surface area (Å²) in [6.45, 7) is 2.07. The Balaban J connectivity index is 2.14. The Kier molecular flexibility index (Phi) is 3.90. The number of anilines is 1. The molecule has 0 unspecified atom stereocenters. The van der Waals surface area contributed by atoms with E-state index in [-0.39, 0.29) is 34.2 Å². The van der Waals surface area contributed by atoms with Gasteiger partial charge in [-0.1, -0.05) is 0 Å². The number of fused-ring (bicyclic) bond motifs is 1. The van der Waals surface area contributed by atoms with Crippen LogP contribution in [0.25, 0.3) is 0 Å². The van der Waals surface area contributed by atoms with Gasteiger partial charge in [-0.25, -0.2) is 4.79 Å². The van der Waals surface area contributed by atoms with E-state index in [1.807, 2.05) is 6.07 Å². The minimum atomic E-state index is -0.470. The zero-order chi connectivity index (χ0) is 18.3. The SMILES string of the molecule is CCN1[NH2+]C(=O)C2=C(Nc3cc(C#N)cc(C(=O)N(C)C)c3O2)C1=O. The average Bonchev–Trinajstić information content (AvgIpc) is 2.61. The van der Waals surface area contributed by atoms with Crippen LogP contribution in [0.4, 0.5) is 5.69 Å². The maximum Gasteiger partial charge on any atom is 0.404 e. The van der Waals surface area contributed by atoms with E-state index < -0.39 is 11.8 Å². The number of hydrogen-bond acceptors (Lipinski definition) is 6. The van der Waals surface area contributed by atoms with Crippen LogP contribution in [-0.2, 0) is 9.59 Å². The minimum absolute atomic E-state index is 0.000178. The summed E-state index contributed by atoms with van der Waals surface area (Å²) >= 11 is 0. The van der Waals surface area contributed by atoms with Gasteiger partial charge in [0.15, 0.2) is 11.4 Å². The van der Waals surface area contributed by atoms with Crippen molar-refractivity contribution in [3.8, 4) is 11.8 Å². The Morgan fingerprint density at radius 1 is 1.40 bits per heavy atom. The van der Waals surface area contributed by atoms with E-state index in [1.54, 1.807) is 21.0 Å². The van der Waals surface area contributed by atoms with Gasteiger partial charge in [-0.05, 0) is 19.1 Å². The topological polar surface area (TPSA) is 119 Å². The van der Waals surface area contributed by atoms with Crippen LogP contribution in [0, 0.1) is 11.3 Å². The Morgan fingerprint density at radius 3 is 2.72 bits per heavy atom. The first-order valence-electron chi connectivity index (χ1n) is 7.56. The molecule has 0 aromatic heterocycles. The molecule has 128 valence electrons. The van der Waals surface area contributed by atoms with E-state index in [2.05, 4.69) is 5.32 Å². The van der Waals surface area contributed by atoms with Crippen molar-refractivity contribution < 1.29 is 24.5 Å². The second-order valence-electron chi connectivity index (χ2n) is 5.73. The van der Waals surface area contributed by atoms with Gasteiger partial charge in [0.05, 0.1) is 29.4 Å². The number of nitrogens with zero attached hydrogens (tertiary/aromatic N) is 3. The molecule has 0 spiro atoms. The van der Waals surface area contributed by atoms with Crippen LogP contribution in [0.3, 0.4) is 0 Å². The summed E-state index contributed by atoms with van der Waals surface area (Å²) < 4.78 is 5.65. The number of rotatable bonds is 2. The van der Waals surface area contributed by atoms with Gasteiger partial charge in [0.25, 0.3) is 11.7 Å². The molecule has 0 saturated heterocycles. The number of likely N-dealkylation sites (N-methyl/N-ethyl adjacent to an activating group) is 1. The van der Waals surface area contributed by atoms with Crippen molar-refractivity contribution in [3.63, 3.8) is 0 Å². The number of carbonyl (C=O) groups excluding carboxylic acids is 3. The highest BCUT2D eigenvalue weighted by molar-refractivity contribution is 6.08. The molecule has 3 rings (SSSR count). The predicted octanol–water partition coefficient (Wildman–Crippen LogP) is -0.857. The maximum absolute atomic E-state index is 12.4. The number of nitriles is 1. The summed E-state index contributed by atoms with van der Waals surface area (Å²) in [6, 6.07) is 4.84. The molecule has 2 heterocycles. The first kappa shape index (κ1) is 16.5. The fourth-order valence-corrected chi connectivity index (χ4v) is 2.60. The summed E-state index contributed by atoms with van der Waals surface area (Å²) in [6.07, 6.45) is 0. The Morgan fingerprint density at radius 2 is 2.12 bits per heavy atom. The summed E-state index contributed by atoms with van der Waals surface area (Å²) in [7, 11) is 3.13. The quantitative estimate of drug-likeness (QED) is 0.533. The highest BCUT2D eigenvalue weighted by atomic mass is 16.5. The van der Waals surface area contributed by atoms with Crippen molar-refractivity contribution in [2.75, 3.05) is 26.0 Å². The van der Waals surface area contributed by atoms with E-state index in [9.17, 15) is 19.6 Å². The molecule has 25 heavy (non-hydrogen) atoms. The smallest absolute Gasteiger partial charge is 0.404 e. The summed E-state index contributed by atoms with van der Waals surface area (Å²) in [4.78, 5) is 38.5. The van der Waals surface area contributed by atoms with Gasteiger partial charge >= 0.3 is 11.8 Å². The van der Waals surface area contributed by atoms with Crippen LogP contribution >= 0.6 is 0 Å². The molecule has 2 aliphatic rings. The van der Waals surface area contributed by atoms with Crippen molar-refractivity contribution in [2.24, 2.45) is 0 Å². The van der Waals surface area contributed by atoms with Crippen LogP contribution in [-0.4, -0.2) is 48.3 Å². The van der Waals surface area contributed by atoms with Gasteiger partial charge < -0.3 is 15.0 Å². The van der Waals surface area contributed by atoms with Crippen LogP contribution in [0.2, 0.25) is 0 Å². The number of carbonyl (C=O) groups is 3. The Labute approximate surface area is 143 Å². The monoisotopic (exact) mass is 342 g/mol. The molecule has 0 aliphatic carbocycles. The molecular weight excluding hydrogens is 326 g/mol. The third kappa shape index (κ3) is 2.58. The molecule has 0 saturated carbocycles. The van der Waals surface area contributed by atoms with Crippen LogP contribution in [0.15, 0.2) is 23.6 Å². The van der Waals surface area contributed by atoms with E-state index in [0.717, 1.165) is 0 Å². The number of ether oxygens (including phenoxy) is 1. The van der Waals surface area contributed by atoms with E-state index in [4.69, 9.17) is 4.74 Å². The largest absolute Gasteiger partial charge is 0.442 e. The molecule has 2 aliphatic heterocycles. The third-order valence-corrected chi connectivity index (χ3v) is 3.86. The molecule has 0 fully saturated rings. The zero-order valence-corrected chi connectivity index (χ0v) is 13.9. The van der Waals surface area contributed by atoms with Crippen LogP contribution in [0.1, 0.15) is 22.8 Å². The lowest BCUT2D eigenvalue weighted by Crippen LogP contribution is -3.00. The van der Waals surface area contributed by atoms with Gasteiger partial charge in [0.1, 0.15) is 0 Å². The van der Waals surface area contributed by atoms with Crippen molar-refractivity contribution in [3.05, 3.63) is 34.7 Å². The highest BCUT2D eigenvalue weighted by Gasteiger charge is 2.42. The highest BCUT2D eigenvalue weighted by Crippen LogP contribution is 2.38. The molecule has 3 N–H and O–H groups in total. The fraction of sp³-hybridized carbons (Fsp3) is 0.250. The molecular formula is C16H16N5O4+. The van der Waals surface area contributed by atoms with Gasteiger partial charge in [0.2, 0.25) is 0 Å². The minimum Gasteiger partial charge on any atom is -0.442 e. The molecule has 0 atom stereocenters. The maximum atomic E-state index is 12.4. The second kappa shape index (κ2) is 5.92. The number of nitrogens with two attached hydrogens (primary N) is 1. The van der Waals surface area contributed by atoms with Gasteiger partial charge in [-0.3, -0.25) is 9.59 Å². The first-order chi connectivity index (χ1) is 11.9. The zero-order valence-electron chi connectivity index (χ0n) is 13.9. The summed E-state index contributed by atoms with van der Waals surface area (Å²) in [5.41, 5.74) is 1.83. The standard InChI is InChI=1S/C16H15N5O4/c1-4-21-16(24)11-13(14(22)19-21)25-12-9(15(23)20(2)3)5-8(7-17)6-10(12)18-11/h5-6,18H,4H2,1-3H3,(H,19,22)/p+1. The molecule has 1 aromatic rings. The number of quaternary nitrogens is 1. The first-order valence-corrected chi connectivity index (χ1v) is 7.56. The van der Waals surface area contributed by atoms with Crippen molar-refractivity contribution >= 4 is 23.4 Å². The van der Waals surface area contributed by atoms with Crippen molar-refractivity contribution in [2.45, 2.75) is 6.92 Å². The Bertz CT molecular complexity index is 881. The predicted molar refractivity (Wildman–Crippen MR) is 84.8 cm³/mol. The molecule has 9 heteroatoms. The van der Waals surface area contributed by atoms with E-state index >= 15 is 0 Å².